The molecule has 2 aliphatic rings. The maximum atomic E-state index is 2.42. The van der Waals surface area contributed by atoms with E-state index in [1.165, 1.54) is 31.2 Å². The zero-order chi connectivity index (χ0) is 9.38. The van der Waals surface area contributed by atoms with Crippen LogP contribution in [-0.2, 0) is 0 Å². The molecule has 70 valence electrons. The van der Waals surface area contributed by atoms with Gasteiger partial charge in [-0.05, 0) is 48.0 Å². The van der Waals surface area contributed by atoms with Crippen molar-refractivity contribution in [2.75, 3.05) is 0 Å². The molecule has 0 aromatic heterocycles. The summed E-state index contributed by atoms with van der Waals surface area (Å²) < 4.78 is 0. The molecular weight excluding hydrogens is 168 g/mol. The van der Waals surface area contributed by atoms with Crippen LogP contribution in [0.1, 0.15) is 31.2 Å². The maximum absolute atomic E-state index is 2.42. The van der Waals surface area contributed by atoms with Crippen molar-refractivity contribution in [3.8, 4) is 0 Å². The topological polar surface area (TPSA) is 0 Å². The van der Waals surface area contributed by atoms with Gasteiger partial charge in [0.15, 0.2) is 0 Å². The van der Waals surface area contributed by atoms with Crippen molar-refractivity contribution >= 4 is 5.57 Å². The van der Waals surface area contributed by atoms with Gasteiger partial charge < -0.3 is 0 Å². The predicted octanol–water partition coefficient (Wildman–Crippen LogP) is 3.95. The van der Waals surface area contributed by atoms with E-state index in [-0.39, 0.29) is 0 Å². The zero-order valence-electron chi connectivity index (χ0n) is 8.29. The highest BCUT2D eigenvalue weighted by atomic mass is 14.3. The quantitative estimate of drug-likeness (QED) is 0.616. The van der Waals surface area contributed by atoms with Crippen LogP contribution in [0.3, 0.4) is 0 Å². The second-order valence-corrected chi connectivity index (χ2v) is 4.12. The lowest BCUT2D eigenvalue weighted by atomic mass is 9.74. The van der Waals surface area contributed by atoms with Gasteiger partial charge in [0.2, 0.25) is 0 Å². The first-order valence-electron chi connectivity index (χ1n) is 5.42. The van der Waals surface area contributed by atoms with E-state index in [1.54, 1.807) is 16.7 Å². The third kappa shape index (κ3) is 1.14. The molecule has 14 heavy (non-hydrogen) atoms. The van der Waals surface area contributed by atoms with Crippen molar-refractivity contribution in [3.63, 3.8) is 0 Å². The second-order valence-electron chi connectivity index (χ2n) is 4.12. The molecule has 0 saturated heterocycles. The van der Waals surface area contributed by atoms with Crippen LogP contribution >= 0.6 is 0 Å². The molecule has 3 rings (SSSR count). The fourth-order valence-corrected chi connectivity index (χ4v) is 2.47. The Morgan fingerprint density at radius 3 is 2.57 bits per heavy atom. The minimum absolute atomic E-state index is 1.21. The van der Waals surface area contributed by atoms with Crippen LogP contribution in [0.4, 0.5) is 0 Å². The molecule has 0 atom stereocenters. The Morgan fingerprint density at radius 2 is 1.79 bits per heavy atom. The van der Waals surface area contributed by atoms with Crippen molar-refractivity contribution in [1.82, 2.24) is 0 Å². The summed E-state index contributed by atoms with van der Waals surface area (Å²) in [6.07, 6.45) is 7.57. The predicted molar refractivity (Wildman–Crippen MR) is 59.9 cm³/mol. The lowest BCUT2D eigenvalue weighted by Gasteiger charge is -2.31. The van der Waals surface area contributed by atoms with Gasteiger partial charge in [-0.15, -0.1) is 0 Å². The van der Waals surface area contributed by atoms with Crippen LogP contribution in [0.5, 0.6) is 0 Å². The standard InChI is InChI=1S/C14H14/c1-2-6-11(7-3-1)14-10-12-8-4-5-9-13(12)14/h1-3,6-8H,4-5,9-10H2. The van der Waals surface area contributed by atoms with Crippen LogP contribution < -0.4 is 0 Å². The summed E-state index contributed by atoms with van der Waals surface area (Å²) in [5.41, 5.74) is 6.29. The van der Waals surface area contributed by atoms with E-state index >= 15 is 0 Å². The van der Waals surface area contributed by atoms with Crippen molar-refractivity contribution in [3.05, 3.63) is 53.1 Å². The molecule has 0 spiro atoms. The number of fused-ring (bicyclic) bond motifs is 1. The first-order valence-corrected chi connectivity index (χ1v) is 5.42. The van der Waals surface area contributed by atoms with Gasteiger partial charge in [-0.3, -0.25) is 0 Å². The zero-order valence-corrected chi connectivity index (χ0v) is 8.29. The van der Waals surface area contributed by atoms with Gasteiger partial charge in [0.05, 0.1) is 0 Å². The minimum atomic E-state index is 1.21. The van der Waals surface area contributed by atoms with Crippen molar-refractivity contribution in [1.29, 1.82) is 0 Å². The van der Waals surface area contributed by atoms with E-state index in [4.69, 9.17) is 0 Å². The molecule has 2 aliphatic carbocycles. The largest absolute Gasteiger partial charge is 0.0807 e. The molecule has 1 aromatic rings. The third-order valence-corrected chi connectivity index (χ3v) is 3.26. The molecular formula is C14H14. The van der Waals surface area contributed by atoms with Crippen LogP contribution in [0.25, 0.3) is 5.57 Å². The van der Waals surface area contributed by atoms with Crippen molar-refractivity contribution < 1.29 is 0 Å². The van der Waals surface area contributed by atoms with Gasteiger partial charge in [0, 0.05) is 0 Å². The number of hydrogen-bond donors (Lipinski definition) is 0. The van der Waals surface area contributed by atoms with Gasteiger partial charge in [0.25, 0.3) is 0 Å². The van der Waals surface area contributed by atoms with E-state index in [0.717, 1.165) is 0 Å². The third-order valence-electron chi connectivity index (χ3n) is 3.26. The first-order chi connectivity index (χ1) is 6.95. The Bertz CT molecular complexity index is 407. The molecule has 0 fully saturated rings. The number of allylic oxidation sites excluding steroid dienone is 4. The highest BCUT2D eigenvalue weighted by Crippen LogP contribution is 2.45. The Balaban J connectivity index is 2.02. The lowest BCUT2D eigenvalue weighted by Crippen LogP contribution is -2.10. The van der Waals surface area contributed by atoms with Crippen LogP contribution in [0, 0.1) is 0 Å². The fraction of sp³-hybridized carbons (Fsp3) is 0.286. The van der Waals surface area contributed by atoms with Crippen LogP contribution in [-0.4, -0.2) is 0 Å². The first kappa shape index (κ1) is 8.05. The van der Waals surface area contributed by atoms with Gasteiger partial charge in [-0.2, -0.15) is 0 Å². The summed E-state index contributed by atoms with van der Waals surface area (Å²) in [7, 11) is 0. The lowest BCUT2D eigenvalue weighted by molar-refractivity contribution is 0.772. The molecule has 0 heterocycles. The van der Waals surface area contributed by atoms with Gasteiger partial charge in [0.1, 0.15) is 0 Å². The normalized spacial score (nSPS) is 19.9. The molecule has 0 amide bonds. The number of rotatable bonds is 1. The van der Waals surface area contributed by atoms with Crippen molar-refractivity contribution in [2.45, 2.75) is 25.7 Å². The minimum Gasteiger partial charge on any atom is -0.0807 e. The number of hydrogen-bond acceptors (Lipinski definition) is 0. The van der Waals surface area contributed by atoms with Crippen LogP contribution in [0.2, 0.25) is 0 Å². The van der Waals surface area contributed by atoms with E-state index < -0.39 is 0 Å². The average molecular weight is 182 g/mol. The highest BCUT2D eigenvalue weighted by molar-refractivity contribution is 5.82. The van der Waals surface area contributed by atoms with E-state index in [0.29, 0.717) is 0 Å². The van der Waals surface area contributed by atoms with Crippen LogP contribution in [0.15, 0.2) is 47.6 Å². The van der Waals surface area contributed by atoms with Crippen molar-refractivity contribution in [2.24, 2.45) is 0 Å². The molecule has 0 N–H and O–H groups in total. The molecule has 0 aliphatic heterocycles. The summed E-state index contributed by atoms with van der Waals surface area (Å²) in [6, 6.07) is 10.8. The summed E-state index contributed by atoms with van der Waals surface area (Å²) in [5, 5.41) is 0. The molecule has 0 heteroatoms. The Kier molecular flexibility index (Phi) is 1.80. The molecule has 0 radical (unpaired) electrons. The highest BCUT2D eigenvalue weighted by Gasteiger charge is 2.25. The average Bonchev–Trinajstić information content (AvgIpc) is 2.22. The Labute approximate surface area is 85.0 Å². The SMILES string of the molecule is C1=C2CC(c3ccccc3)=C2CCC1. The van der Waals surface area contributed by atoms with E-state index in [1.807, 2.05) is 0 Å². The summed E-state index contributed by atoms with van der Waals surface area (Å²) >= 11 is 0. The van der Waals surface area contributed by atoms with Gasteiger partial charge >= 0.3 is 0 Å². The Morgan fingerprint density at radius 1 is 0.929 bits per heavy atom. The molecule has 0 unspecified atom stereocenters. The Hall–Kier alpha value is -1.30. The summed E-state index contributed by atoms with van der Waals surface area (Å²) in [4.78, 5) is 0. The molecule has 0 saturated carbocycles. The summed E-state index contributed by atoms with van der Waals surface area (Å²) in [6.45, 7) is 0. The van der Waals surface area contributed by atoms with Gasteiger partial charge in [-0.25, -0.2) is 0 Å². The molecule has 0 nitrogen and oxygen atoms in total. The fourth-order valence-electron chi connectivity index (χ4n) is 2.47. The van der Waals surface area contributed by atoms with E-state index in [9.17, 15) is 0 Å². The maximum Gasteiger partial charge on any atom is -0.00173 e. The second kappa shape index (κ2) is 3.13. The molecule has 1 aromatic carbocycles. The number of benzene rings is 1. The van der Waals surface area contributed by atoms with E-state index in [2.05, 4.69) is 36.4 Å². The monoisotopic (exact) mass is 182 g/mol. The molecule has 0 bridgehead atoms. The van der Waals surface area contributed by atoms with Gasteiger partial charge in [-0.1, -0.05) is 36.4 Å². The smallest absolute Gasteiger partial charge is 0.00173 e. The summed E-state index contributed by atoms with van der Waals surface area (Å²) in [5.74, 6) is 0.